The van der Waals surface area contributed by atoms with E-state index in [1.54, 1.807) is 0 Å². The van der Waals surface area contributed by atoms with Crippen molar-refractivity contribution < 1.29 is 53.4 Å². The topological polar surface area (TPSA) is 198 Å². The highest BCUT2D eigenvalue weighted by Crippen LogP contribution is 2.35. The van der Waals surface area contributed by atoms with Gasteiger partial charge in [0.1, 0.15) is 48.6 Å². The zero-order valence-electron chi connectivity index (χ0n) is 16.5. The first-order chi connectivity index (χ1) is 14.3. The van der Waals surface area contributed by atoms with E-state index in [1.807, 2.05) is 4.84 Å². The van der Waals surface area contributed by atoms with Crippen molar-refractivity contribution in [3.63, 3.8) is 0 Å². The van der Waals surface area contributed by atoms with Crippen LogP contribution in [0.15, 0.2) is 0 Å². The number of rotatable bonds is 10. The number of carboxylic acids is 1. The van der Waals surface area contributed by atoms with E-state index in [1.165, 1.54) is 13.8 Å². The van der Waals surface area contributed by atoms with Crippen LogP contribution in [0.4, 0.5) is 8.78 Å². The van der Waals surface area contributed by atoms with Crippen LogP contribution >= 0.6 is 11.8 Å². The molecule has 0 radical (unpaired) electrons. The van der Waals surface area contributed by atoms with Crippen LogP contribution in [0.3, 0.4) is 0 Å². The first-order valence-electron chi connectivity index (χ1n) is 9.14. The average Bonchev–Trinajstić information content (AvgIpc) is 2.69. The van der Waals surface area contributed by atoms with Crippen molar-refractivity contribution in [3.8, 4) is 0 Å². The smallest absolute Gasteiger partial charge is 0.325 e. The minimum absolute atomic E-state index is 0.891. The van der Waals surface area contributed by atoms with Gasteiger partial charge in [-0.15, -0.1) is 0 Å². The molecule has 0 aromatic rings. The number of hydrogen-bond donors (Lipinski definition) is 8. The summed E-state index contributed by atoms with van der Waals surface area (Å²) in [5.41, 5.74) is 0. The predicted molar refractivity (Wildman–Crippen MR) is 99.0 cm³/mol. The summed E-state index contributed by atoms with van der Waals surface area (Å²) in [5, 5.41) is 51.3. The molecule has 0 spiro atoms. The molecule has 1 aliphatic rings. The molecule has 0 aromatic carbocycles. The Morgan fingerprint density at radius 2 is 1.58 bits per heavy atom. The Hall–Kier alpha value is -1.68. The maximum atomic E-state index is 14.7. The lowest BCUT2D eigenvalue weighted by atomic mass is 9.89. The van der Waals surface area contributed by atoms with Gasteiger partial charge in [0, 0.05) is 6.42 Å². The van der Waals surface area contributed by atoms with Gasteiger partial charge in [0.15, 0.2) is 0 Å². The fourth-order valence-corrected chi connectivity index (χ4v) is 2.98. The molecule has 180 valence electrons. The van der Waals surface area contributed by atoms with Crippen LogP contribution in [0.25, 0.3) is 0 Å². The van der Waals surface area contributed by atoms with Crippen molar-refractivity contribution in [1.82, 2.24) is 15.5 Å². The summed E-state index contributed by atoms with van der Waals surface area (Å²) in [6, 6.07) is -4.37. The molecule has 12 nitrogen and oxygen atoms in total. The van der Waals surface area contributed by atoms with Crippen molar-refractivity contribution in [2.75, 3.05) is 6.61 Å². The van der Waals surface area contributed by atoms with Gasteiger partial charge in [0.05, 0.1) is 6.61 Å². The molecule has 15 heteroatoms. The summed E-state index contributed by atoms with van der Waals surface area (Å²) in [5.74, 6) is -7.35. The third-order valence-corrected chi connectivity index (χ3v) is 4.98. The molecule has 1 aliphatic heterocycles. The molecule has 1 fully saturated rings. The van der Waals surface area contributed by atoms with E-state index in [4.69, 9.17) is 26.7 Å². The van der Waals surface area contributed by atoms with E-state index in [0.717, 1.165) is 0 Å². The van der Waals surface area contributed by atoms with Crippen molar-refractivity contribution in [3.05, 3.63) is 0 Å². The van der Waals surface area contributed by atoms with Crippen LogP contribution in [0, 0.1) is 0 Å². The number of halogens is 3. The zero-order valence-corrected chi connectivity index (χ0v) is 17.3. The largest absolute Gasteiger partial charge is 0.480 e. The number of aliphatic carboxylic acids is 1. The molecule has 2 amide bonds. The number of carbonyl (C=O) groups is 3. The van der Waals surface area contributed by atoms with Gasteiger partial charge in [-0.25, -0.2) is 13.6 Å². The van der Waals surface area contributed by atoms with E-state index < -0.39 is 85.4 Å². The molecule has 0 saturated carbocycles. The van der Waals surface area contributed by atoms with Gasteiger partial charge in [0.2, 0.25) is 11.8 Å². The zero-order chi connectivity index (χ0) is 24.1. The lowest BCUT2D eigenvalue weighted by Crippen LogP contribution is -2.64. The number of hydrogen-bond acceptors (Lipinski definition) is 9. The Morgan fingerprint density at radius 3 is 2.06 bits per heavy atom. The molecule has 1 saturated heterocycles. The minimum atomic E-state index is -3.98. The number of carboxylic acid groups (broad SMARTS) is 1. The van der Waals surface area contributed by atoms with E-state index in [0.29, 0.717) is 0 Å². The molecule has 8 N–H and O–H groups in total. The molecular formula is C16H26ClF2N3O9. The quantitative estimate of drug-likeness (QED) is 0.151. The van der Waals surface area contributed by atoms with Gasteiger partial charge in [-0.3, -0.25) is 14.4 Å². The van der Waals surface area contributed by atoms with Crippen molar-refractivity contribution >= 4 is 29.6 Å². The Morgan fingerprint density at radius 1 is 1.03 bits per heavy atom. The molecule has 1 heterocycles. The third-order valence-electron chi connectivity index (χ3n) is 4.71. The van der Waals surface area contributed by atoms with Gasteiger partial charge < -0.3 is 40.9 Å². The van der Waals surface area contributed by atoms with Crippen LogP contribution in [-0.2, 0) is 19.1 Å². The van der Waals surface area contributed by atoms with E-state index in [9.17, 15) is 38.5 Å². The lowest BCUT2D eigenvalue weighted by Gasteiger charge is -2.43. The van der Waals surface area contributed by atoms with Gasteiger partial charge in [-0.1, -0.05) is 0 Å². The highest BCUT2D eigenvalue weighted by Gasteiger charge is 2.55. The number of nitrogens with one attached hydrogen (secondary N) is 3. The van der Waals surface area contributed by atoms with Gasteiger partial charge in [0.25, 0.3) is 5.92 Å². The van der Waals surface area contributed by atoms with Crippen LogP contribution in [0.1, 0.15) is 20.3 Å². The third kappa shape index (κ3) is 6.90. The Bertz CT molecular complexity index is 658. The number of alkyl halides is 2. The molecule has 0 bridgehead atoms. The number of aliphatic hydroxyl groups excluding tert-OH is 4. The Kier molecular flexibility index (Phi) is 9.94. The SMILES string of the molecule is C[C@H](NC(=O)[C@H](C)NC(=O)[C@H](CC(F)(F)[C@@H]1O[C@H](CO)[C@H](O)[C@H](O)[C@H]1O)NCl)C(=O)O. The molecule has 0 aromatic heterocycles. The van der Waals surface area contributed by atoms with Crippen molar-refractivity contribution in [1.29, 1.82) is 0 Å². The van der Waals surface area contributed by atoms with E-state index in [2.05, 4.69) is 10.6 Å². The lowest BCUT2D eigenvalue weighted by molar-refractivity contribution is -0.282. The van der Waals surface area contributed by atoms with Crippen LogP contribution in [0.5, 0.6) is 0 Å². The summed E-state index contributed by atoms with van der Waals surface area (Å²) < 4.78 is 34.3. The van der Waals surface area contributed by atoms with Crippen LogP contribution in [-0.4, -0.2) is 104 Å². The monoisotopic (exact) mass is 477 g/mol. The maximum absolute atomic E-state index is 14.7. The standard InChI is InChI=1S/C16H26ClF2N3O9/c1-5(13(27)21-6(2)15(29)30)20-14(28)7(22-17)3-16(18,19)12-11(26)10(25)9(24)8(4-23)31-12/h5-12,22-26H,3-4H2,1-2H3,(H,20,28)(H,21,27)(H,29,30)/t5-,6-,7-,8+,9-,10-,11+,12+/m0/s1. The van der Waals surface area contributed by atoms with Gasteiger partial charge in [-0.05, 0) is 25.6 Å². The fraction of sp³-hybridized carbons (Fsp3) is 0.812. The minimum Gasteiger partial charge on any atom is -0.480 e. The highest BCUT2D eigenvalue weighted by atomic mass is 35.5. The first-order valence-corrected chi connectivity index (χ1v) is 9.52. The summed E-state index contributed by atoms with van der Waals surface area (Å²) in [4.78, 5) is 36.7. The van der Waals surface area contributed by atoms with Gasteiger partial charge in [-0.2, -0.15) is 0 Å². The molecule has 0 aliphatic carbocycles. The molecule has 0 unspecified atom stereocenters. The normalized spacial score (nSPS) is 29.5. The maximum Gasteiger partial charge on any atom is 0.325 e. The highest BCUT2D eigenvalue weighted by molar-refractivity contribution is 6.15. The Balaban J connectivity index is 2.84. The summed E-state index contributed by atoms with van der Waals surface area (Å²) in [6.07, 6.45) is -11.5. The molecular weight excluding hydrogens is 452 g/mol. The number of amides is 2. The second-order valence-electron chi connectivity index (χ2n) is 7.18. The second-order valence-corrected chi connectivity index (χ2v) is 7.39. The summed E-state index contributed by atoms with van der Waals surface area (Å²) >= 11 is 5.39. The molecule has 1 rings (SSSR count). The van der Waals surface area contributed by atoms with E-state index >= 15 is 0 Å². The first kappa shape index (κ1) is 27.4. The van der Waals surface area contributed by atoms with Crippen molar-refractivity contribution in [2.24, 2.45) is 0 Å². The van der Waals surface area contributed by atoms with Crippen LogP contribution < -0.4 is 15.5 Å². The van der Waals surface area contributed by atoms with Crippen LogP contribution in [0.2, 0.25) is 0 Å². The number of aliphatic hydroxyl groups is 4. The molecule has 31 heavy (non-hydrogen) atoms. The van der Waals surface area contributed by atoms with Gasteiger partial charge >= 0.3 is 5.97 Å². The Labute approximate surface area is 180 Å². The predicted octanol–water partition coefficient (Wildman–Crippen LogP) is -2.94. The molecule has 8 atom stereocenters. The second kappa shape index (κ2) is 11.3. The number of ether oxygens (including phenoxy) is 1. The fourth-order valence-electron chi connectivity index (χ4n) is 2.80. The summed E-state index contributed by atoms with van der Waals surface area (Å²) in [6.45, 7) is 1.44. The number of carbonyl (C=O) groups excluding carboxylic acids is 2. The van der Waals surface area contributed by atoms with Crippen molar-refractivity contribution in [2.45, 2.75) is 74.8 Å². The van der Waals surface area contributed by atoms with E-state index in [-0.39, 0.29) is 0 Å². The average molecular weight is 478 g/mol. The summed E-state index contributed by atoms with van der Waals surface area (Å²) in [7, 11) is 0.